The molecule has 0 saturated carbocycles. The topological polar surface area (TPSA) is 112 Å². The number of ether oxygens (including phenoxy) is 2. The molecule has 188 valence electrons. The second-order valence-electron chi connectivity index (χ2n) is 7.66. The fraction of sp³-hybridized carbons (Fsp3) is 0.296. The van der Waals surface area contributed by atoms with Crippen LogP contribution in [0, 0.1) is 19.7 Å². The molecule has 0 aliphatic rings. The highest BCUT2D eigenvalue weighted by Gasteiger charge is 2.13. The van der Waals surface area contributed by atoms with E-state index in [9.17, 15) is 19.1 Å². The smallest absolute Gasteiger partial charge is 0.305 e. The van der Waals surface area contributed by atoms with Gasteiger partial charge in [0.1, 0.15) is 11.9 Å². The first-order valence-electron chi connectivity index (χ1n) is 11.1. The van der Waals surface area contributed by atoms with E-state index in [0.29, 0.717) is 12.8 Å². The molecule has 7 nitrogen and oxygen atoms in total. The van der Waals surface area contributed by atoms with Crippen LogP contribution in [0.4, 0.5) is 4.39 Å². The van der Waals surface area contributed by atoms with E-state index in [2.05, 4.69) is 24.0 Å². The van der Waals surface area contributed by atoms with Gasteiger partial charge in [0.2, 0.25) is 0 Å². The summed E-state index contributed by atoms with van der Waals surface area (Å²) in [6.45, 7) is 7.54. The number of nitrogens with zero attached hydrogens (tertiary/aromatic N) is 1. The van der Waals surface area contributed by atoms with Crippen molar-refractivity contribution in [3.8, 4) is 11.5 Å². The molecule has 3 N–H and O–H groups in total. The number of hydrogen-bond acceptors (Lipinski definition) is 6. The molecule has 1 heterocycles. The van der Waals surface area contributed by atoms with Gasteiger partial charge in [-0.2, -0.15) is 0 Å². The van der Waals surface area contributed by atoms with Crippen molar-refractivity contribution in [2.24, 2.45) is 5.73 Å². The highest BCUT2D eigenvalue weighted by Crippen LogP contribution is 2.26. The highest BCUT2D eigenvalue weighted by atomic mass is 19.1. The summed E-state index contributed by atoms with van der Waals surface area (Å²) < 4.78 is 22.8. The molecule has 8 heteroatoms. The molecular weight excluding hydrogens is 451 g/mol. The predicted octanol–water partition coefficient (Wildman–Crippen LogP) is 4.91. The van der Waals surface area contributed by atoms with Gasteiger partial charge >= 0.3 is 5.97 Å². The number of nitrogens with two attached hydrogens (primary N) is 1. The van der Waals surface area contributed by atoms with Crippen molar-refractivity contribution in [3.05, 3.63) is 89.0 Å². The van der Waals surface area contributed by atoms with Crippen LogP contribution >= 0.6 is 0 Å². The maximum Gasteiger partial charge on any atom is 0.305 e. The number of carbonyl (C=O) groups is 2. The van der Waals surface area contributed by atoms with Gasteiger partial charge in [0.15, 0.2) is 17.2 Å². The van der Waals surface area contributed by atoms with E-state index >= 15 is 0 Å². The minimum absolute atomic E-state index is 0.170. The number of esters is 1. The van der Waals surface area contributed by atoms with Crippen LogP contribution < -0.4 is 10.5 Å². The van der Waals surface area contributed by atoms with E-state index in [4.69, 9.17) is 15.2 Å². The zero-order chi connectivity index (χ0) is 26.4. The Kier molecular flexibility index (Phi) is 12.5. The Bertz CT molecular complexity index is 1090. The monoisotopic (exact) mass is 484 g/mol. The van der Waals surface area contributed by atoms with E-state index < -0.39 is 5.91 Å². The molecule has 0 radical (unpaired) electrons. The van der Waals surface area contributed by atoms with Crippen LogP contribution in [0.1, 0.15) is 47.4 Å². The van der Waals surface area contributed by atoms with Gasteiger partial charge in [-0.1, -0.05) is 48.9 Å². The predicted molar refractivity (Wildman–Crippen MR) is 133 cm³/mol. The van der Waals surface area contributed by atoms with Gasteiger partial charge in [-0.05, 0) is 44.0 Å². The molecule has 3 rings (SSSR count). The van der Waals surface area contributed by atoms with Gasteiger partial charge in [0.25, 0.3) is 5.91 Å². The number of aryl methyl sites for hydroxylation is 2. The highest BCUT2D eigenvalue weighted by molar-refractivity contribution is 5.94. The molecule has 0 saturated heterocycles. The lowest BCUT2D eigenvalue weighted by atomic mass is 10.0. The first-order chi connectivity index (χ1) is 16.6. The van der Waals surface area contributed by atoms with Crippen molar-refractivity contribution in [3.63, 3.8) is 0 Å². The molecule has 35 heavy (non-hydrogen) atoms. The molecule has 0 fully saturated rings. The normalized spacial score (nSPS) is 10.6. The number of primary amides is 1. The van der Waals surface area contributed by atoms with Gasteiger partial charge < -0.3 is 20.3 Å². The molecule has 1 atom stereocenters. The number of aromatic hydroxyl groups is 1. The van der Waals surface area contributed by atoms with Crippen LogP contribution in [-0.4, -0.2) is 35.2 Å². The number of hydrogen-bond donors (Lipinski definition) is 2. The van der Waals surface area contributed by atoms with Crippen LogP contribution in [0.2, 0.25) is 0 Å². The summed E-state index contributed by atoms with van der Waals surface area (Å²) in [7, 11) is 1.37. The van der Waals surface area contributed by atoms with Crippen molar-refractivity contribution >= 4 is 11.9 Å². The van der Waals surface area contributed by atoms with Crippen LogP contribution in [0.25, 0.3) is 0 Å². The Balaban J connectivity index is 0.000000282. The van der Waals surface area contributed by atoms with Gasteiger partial charge in [-0.25, -0.2) is 9.37 Å². The van der Waals surface area contributed by atoms with Crippen molar-refractivity contribution in [1.82, 2.24) is 4.98 Å². The molecule has 0 bridgehead atoms. The summed E-state index contributed by atoms with van der Waals surface area (Å²) in [5.74, 6) is -1.37. The summed E-state index contributed by atoms with van der Waals surface area (Å²) in [5, 5.41) is 9.27. The van der Waals surface area contributed by atoms with Gasteiger partial charge in [-0.15, -0.1) is 0 Å². The molecule has 0 aliphatic heterocycles. The SMILES string of the molecule is CCC(=O)OC(C)Cc1ccc(F)cc1C.COc1ccnc(C(N)=O)c1O.Cc1ccccc1. The molecule has 3 aromatic rings. The minimum atomic E-state index is -0.786. The number of halogens is 1. The summed E-state index contributed by atoms with van der Waals surface area (Å²) in [6, 6.07) is 16.3. The standard InChI is InChI=1S/C13H17FO2.C7H8N2O3.C7H8/c1-4-13(15)16-10(3)8-11-5-6-12(14)7-9(11)2;1-12-4-2-3-9-5(6(4)10)7(8)11;1-7-5-3-2-4-6-7/h5-7,10H,4,8H2,1-3H3;2-3,10H,1H3,(H2,8,11);2-6H,1H3. The fourth-order valence-corrected chi connectivity index (χ4v) is 2.86. The Morgan fingerprint density at radius 2 is 1.77 bits per heavy atom. The number of aromatic nitrogens is 1. The molecule has 1 amide bonds. The average molecular weight is 485 g/mol. The van der Waals surface area contributed by atoms with Crippen LogP contribution in [0.5, 0.6) is 11.5 Å². The molecular formula is C27H33FN2O5. The van der Waals surface area contributed by atoms with Crippen LogP contribution in [0.3, 0.4) is 0 Å². The molecule has 1 aromatic heterocycles. The van der Waals surface area contributed by atoms with E-state index in [1.165, 1.54) is 37.1 Å². The number of methoxy groups -OCH3 is 1. The largest absolute Gasteiger partial charge is 0.503 e. The number of amides is 1. The number of carbonyl (C=O) groups excluding carboxylic acids is 2. The Hall–Kier alpha value is -3.94. The van der Waals surface area contributed by atoms with Gasteiger partial charge in [0.05, 0.1) is 7.11 Å². The molecule has 0 aliphatic carbocycles. The number of pyridine rings is 1. The van der Waals surface area contributed by atoms with E-state index in [-0.39, 0.29) is 35.1 Å². The third-order valence-corrected chi connectivity index (χ3v) is 4.71. The molecule has 0 spiro atoms. The van der Waals surface area contributed by atoms with Crippen molar-refractivity contribution in [2.75, 3.05) is 7.11 Å². The van der Waals surface area contributed by atoms with E-state index in [0.717, 1.165) is 11.1 Å². The first-order valence-corrected chi connectivity index (χ1v) is 11.1. The third kappa shape index (κ3) is 10.7. The summed E-state index contributed by atoms with van der Waals surface area (Å²) in [6.07, 6.45) is 2.17. The lowest BCUT2D eigenvalue weighted by Crippen LogP contribution is -2.17. The van der Waals surface area contributed by atoms with Gasteiger partial charge in [0, 0.05) is 25.1 Å². The lowest BCUT2D eigenvalue weighted by Gasteiger charge is -2.14. The Labute approximate surface area is 205 Å². The quantitative estimate of drug-likeness (QED) is 0.481. The van der Waals surface area contributed by atoms with Crippen LogP contribution in [0.15, 0.2) is 60.8 Å². The second kappa shape index (κ2) is 15.1. The zero-order valence-electron chi connectivity index (χ0n) is 20.7. The van der Waals surface area contributed by atoms with E-state index in [1.54, 1.807) is 13.0 Å². The summed E-state index contributed by atoms with van der Waals surface area (Å²) in [4.78, 5) is 25.3. The Morgan fingerprint density at radius 3 is 2.26 bits per heavy atom. The molecule has 2 aromatic carbocycles. The van der Waals surface area contributed by atoms with Crippen molar-refractivity contribution in [1.29, 1.82) is 0 Å². The van der Waals surface area contributed by atoms with Crippen LogP contribution in [-0.2, 0) is 16.0 Å². The van der Waals surface area contributed by atoms with Gasteiger partial charge in [-0.3, -0.25) is 9.59 Å². The van der Waals surface area contributed by atoms with Crippen molar-refractivity contribution < 1.29 is 28.6 Å². The van der Waals surface area contributed by atoms with E-state index in [1.807, 2.05) is 32.0 Å². The third-order valence-electron chi connectivity index (χ3n) is 4.71. The maximum absolute atomic E-state index is 12.9. The number of rotatable bonds is 6. The zero-order valence-corrected chi connectivity index (χ0v) is 20.7. The second-order valence-corrected chi connectivity index (χ2v) is 7.66. The first kappa shape index (κ1) is 29.1. The number of benzene rings is 2. The minimum Gasteiger partial charge on any atom is -0.503 e. The summed E-state index contributed by atoms with van der Waals surface area (Å²) in [5.41, 5.74) is 7.96. The summed E-state index contributed by atoms with van der Waals surface area (Å²) >= 11 is 0. The maximum atomic E-state index is 12.9. The lowest BCUT2D eigenvalue weighted by molar-refractivity contribution is -0.147. The van der Waals surface area contributed by atoms with Crippen molar-refractivity contribution in [2.45, 2.75) is 46.6 Å². The molecule has 1 unspecified atom stereocenters. The Morgan fingerprint density at radius 1 is 1.11 bits per heavy atom. The average Bonchev–Trinajstić information content (AvgIpc) is 2.82. The fourth-order valence-electron chi connectivity index (χ4n) is 2.86.